The van der Waals surface area contributed by atoms with E-state index in [1.807, 2.05) is 20.8 Å². The zero-order valence-electron chi connectivity index (χ0n) is 10.6. The summed E-state index contributed by atoms with van der Waals surface area (Å²) < 4.78 is 11.0. The third-order valence-electron chi connectivity index (χ3n) is 2.32. The number of oxazole rings is 1. The predicted octanol–water partition coefficient (Wildman–Crippen LogP) is 2.84. The fraction of sp³-hybridized carbons (Fsp3) is 0.385. The van der Waals surface area contributed by atoms with Crippen molar-refractivity contribution in [3.63, 3.8) is 0 Å². The Labute approximate surface area is 104 Å². The van der Waals surface area contributed by atoms with Gasteiger partial charge in [0.15, 0.2) is 5.58 Å². The van der Waals surface area contributed by atoms with Gasteiger partial charge in [-0.25, -0.2) is 9.78 Å². The fourth-order valence-electron chi connectivity index (χ4n) is 1.50. The van der Waals surface area contributed by atoms with E-state index in [2.05, 4.69) is 4.98 Å². The molecule has 0 saturated carbocycles. The second-order valence-corrected chi connectivity index (χ2v) is 4.97. The lowest BCUT2D eigenvalue weighted by atomic mass is 10.2. The van der Waals surface area contributed by atoms with E-state index in [0.717, 1.165) is 0 Å². The molecule has 1 N–H and O–H groups in total. The Balaban J connectivity index is 2.33. The largest absolute Gasteiger partial charge is 0.478 e. The molecule has 1 aromatic heterocycles. The van der Waals surface area contributed by atoms with Crippen molar-refractivity contribution in [3.05, 3.63) is 29.7 Å². The van der Waals surface area contributed by atoms with Gasteiger partial charge in [-0.15, -0.1) is 0 Å². The first-order valence-electron chi connectivity index (χ1n) is 5.62. The maximum atomic E-state index is 11.0. The van der Waals surface area contributed by atoms with Gasteiger partial charge in [0.25, 0.3) is 0 Å². The molecule has 0 aliphatic heterocycles. The highest BCUT2D eigenvalue weighted by Gasteiger charge is 2.16. The molecule has 1 aromatic carbocycles. The molecule has 0 saturated heterocycles. The van der Waals surface area contributed by atoms with E-state index >= 15 is 0 Å². The molecule has 0 unspecified atom stereocenters. The van der Waals surface area contributed by atoms with E-state index in [-0.39, 0.29) is 23.4 Å². The number of aromatic nitrogens is 1. The lowest BCUT2D eigenvalue weighted by Crippen LogP contribution is -2.18. The Kier molecular flexibility index (Phi) is 3.09. The molecule has 2 rings (SSSR count). The average Bonchev–Trinajstić information content (AvgIpc) is 2.67. The third kappa shape index (κ3) is 2.68. The van der Waals surface area contributed by atoms with E-state index in [1.54, 1.807) is 12.1 Å². The lowest BCUT2D eigenvalue weighted by molar-refractivity contribution is -0.0238. The van der Waals surface area contributed by atoms with Gasteiger partial charge in [0.2, 0.25) is 5.89 Å². The number of nitrogens with zero attached hydrogens (tertiary/aromatic N) is 1. The van der Waals surface area contributed by atoms with Crippen LogP contribution in [0.5, 0.6) is 0 Å². The van der Waals surface area contributed by atoms with Crippen molar-refractivity contribution in [2.75, 3.05) is 0 Å². The van der Waals surface area contributed by atoms with E-state index in [4.69, 9.17) is 14.3 Å². The van der Waals surface area contributed by atoms with Gasteiger partial charge in [-0.3, -0.25) is 0 Å². The van der Waals surface area contributed by atoms with Crippen LogP contribution in [0.15, 0.2) is 22.6 Å². The van der Waals surface area contributed by atoms with Crippen LogP contribution in [-0.2, 0) is 11.3 Å². The molecule has 1 heterocycles. The van der Waals surface area contributed by atoms with E-state index < -0.39 is 5.97 Å². The summed E-state index contributed by atoms with van der Waals surface area (Å²) in [4.78, 5) is 15.2. The molecule has 0 amide bonds. The Morgan fingerprint density at radius 2 is 2.17 bits per heavy atom. The highest BCUT2D eigenvalue weighted by Crippen LogP contribution is 2.21. The number of para-hydroxylation sites is 1. The van der Waals surface area contributed by atoms with Gasteiger partial charge >= 0.3 is 5.97 Å². The zero-order valence-corrected chi connectivity index (χ0v) is 10.6. The molecule has 0 aliphatic rings. The first-order valence-corrected chi connectivity index (χ1v) is 5.62. The predicted molar refractivity (Wildman–Crippen MR) is 65.5 cm³/mol. The second kappa shape index (κ2) is 4.42. The summed E-state index contributed by atoms with van der Waals surface area (Å²) in [6, 6.07) is 4.85. The number of hydrogen-bond donors (Lipinski definition) is 1. The number of fused-ring (bicyclic) bond motifs is 1. The zero-order chi connectivity index (χ0) is 13.3. The van der Waals surface area contributed by atoms with Crippen molar-refractivity contribution in [3.8, 4) is 0 Å². The highest BCUT2D eigenvalue weighted by atomic mass is 16.5. The average molecular weight is 249 g/mol. The number of hydrogen-bond acceptors (Lipinski definition) is 4. The van der Waals surface area contributed by atoms with Crippen molar-refractivity contribution in [1.82, 2.24) is 4.98 Å². The van der Waals surface area contributed by atoms with E-state index in [1.165, 1.54) is 6.07 Å². The number of carboxylic acid groups (broad SMARTS) is 1. The second-order valence-electron chi connectivity index (χ2n) is 4.97. The molecule has 96 valence electrons. The Morgan fingerprint density at radius 3 is 2.78 bits per heavy atom. The van der Waals surface area contributed by atoms with E-state index in [9.17, 15) is 4.79 Å². The van der Waals surface area contributed by atoms with Crippen LogP contribution >= 0.6 is 0 Å². The van der Waals surface area contributed by atoms with Crippen LogP contribution in [0.4, 0.5) is 0 Å². The van der Waals surface area contributed by atoms with Crippen LogP contribution in [0.25, 0.3) is 11.1 Å². The van der Waals surface area contributed by atoms with Gasteiger partial charge in [-0.2, -0.15) is 0 Å². The molecule has 0 fully saturated rings. The highest BCUT2D eigenvalue weighted by molar-refractivity contribution is 5.99. The molecule has 0 radical (unpaired) electrons. The van der Waals surface area contributed by atoms with Crippen molar-refractivity contribution < 1.29 is 19.1 Å². The molecule has 0 aliphatic carbocycles. The number of rotatable bonds is 3. The Bertz CT molecular complexity index is 580. The van der Waals surface area contributed by atoms with Crippen LogP contribution in [0.1, 0.15) is 37.0 Å². The summed E-state index contributed by atoms with van der Waals surface area (Å²) in [5.74, 6) is -0.645. The molecular weight excluding hydrogens is 234 g/mol. The van der Waals surface area contributed by atoms with Gasteiger partial charge in [0.05, 0.1) is 5.60 Å². The van der Waals surface area contributed by atoms with Crippen molar-refractivity contribution in [1.29, 1.82) is 0 Å². The maximum Gasteiger partial charge on any atom is 0.339 e. The number of benzene rings is 1. The summed E-state index contributed by atoms with van der Waals surface area (Å²) in [6.07, 6.45) is 0. The third-order valence-corrected chi connectivity index (χ3v) is 2.32. The molecule has 0 bridgehead atoms. The molecular formula is C13H15NO4. The molecule has 18 heavy (non-hydrogen) atoms. The van der Waals surface area contributed by atoms with Crippen LogP contribution < -0.4 is 0 Å². The van der Waals surface area contributed by atoms with Gasteiger partial charge in [-0.1, -0.05) is 6.07 Å². The lowest BCUT2D eigenvalue weighted by Gasteiger charge is -2.17. The smallest absolute Gasteiger partial charge is 0.339 e. The number of aromatic carboxylic acids is 1. The monoisotopic (exact) mass is 249 g/mol. The van der Waals surface area contributed by atoms with Crippen LogP contribution in [0.3, 0.4) is 0 Å². The first kappa shape index (κ1) is 12.6. The quantitative estimate of drug-likeness (QED) is 0.905. The van der Waals surface area contributed by atoms with Crippen LogP contribution in [0, 0.1) is 0 Å². The number of carbonyl (C=O) groups is 1. The summed E-state index contributed by atoms with van der Waals surface area (Å²) in [7, 11) is 0. The molecule has 0 spiro atoms. The minimum Gasteiger partial charge on any atom is -0.478 e. The molecule has 5 heteroatoms. The van der Waals surface area contributed by atoms with Crippen molar-refractivity contribution in [2.24, 2.45) is 0 Å². The summed E-state index contributed by atoms with van der Waals surface area (Å²) in [5, 5.41) is 9.03. The summed E-state index contributed by atoms with van der Waals surface area (Å²) in [5.41, 5.74) is 0.637. The van der Waals surface area contributed by atoms with Crippen LogP contribution in [-0.4, -0.2) is 21.7 Å². The van der Waals surface area contributed by atoms with E-state index in [0.29, 0.717) is 11.4 Å². The Hall–Kier alpha value is -1.88. The van der Waals surface area contributed by atoms with Gasteiger partial charge < -0.3 is 14.3 Å². The minimum absolute atomic E-state index is 0.113. The first-order chi connectivity index (χ1) is 8.37. The van der Waals surface area contributed by atoms with Crippen molar-refractivity contribution in [2.45, 2.75) is 33.0 Å². The molecule has 0 atom stereocenters. The SMILES string of the molecule is CC(C)(C)OCc1nc2cccc(C(=O)O)c2o1. The number of ether oxygens (including phenoxy) is 1. The standard InChI is InChI=1S/C13H15NO4/c1-13(2,3)17-7-10-14-9-6-4-5-8(12(15)16)11(9)18-10/h4-6H,7H2,1-3H3,(H,15,16). The molecule has 5 nitrogen and oxygen atoms in total. The summed E-state index contributed by atoms with van der Waals surface area (Å²) >= 11 is 0. The normalized spacial score (nSPS) is 11.9. The van der Waals surface area contributed by atoms with Gasteiger partial charge in [0, 0.05) is 0 Å². The fourth-order valence-corrected chi connectivity index (χ4v) is 1.50. The van der Waals surface area contributed by atoms with Crippen molar-refractivity contribution >= 4 is 17.1 Å². The maximum absolute atomic E-state index is 11.0. The van der Waals surface area contributed by atoms with Gasteiger partial charge in [-0.05, 0) is 32.9 Å². The number of carboxylic acids is 1. The van der Waals surface area contributed by atoms with Gasteiger partial charge in [0.1, 0.15) is 17.7 Å². The Morgan fingerprint density at radius 1 is 1.44 bits per heavy atom. The topological polar surface area (TPSA) is 72.6 Å². The minimum atomic E-state index is -1.03. The molecule has 2 aromatic rings. The van der Waals surface area contributed by atoms with Crippen LogP contribution in [0.2, 0.25) is 0 Å². The summed E-state index contributed by atoms with van der Waals surface area (Å²) in [6.45, 7) is 6.01.